The van der Waals surface area contributed by atoms with Crippen molar-refractivity contribution in [1.82, 2.24) is 9.80 Å². The van der Waals surface area contributed by atoms with Gasteiger partial charge >= 0.3 is 0 Å². The van der Waals surface area contributed by atoms with Crippen molar-refractivity contribution in [3.05, 3.63) is 35.9 Å². The molecule has 0 aromatic heterocycles. The summed E-state index contributed by atoms with van der Waals surface area (Å²) in [6.07, 6.45) is 0. The van der Waals surface area contributed by atoms with Crippen molar-refractivity contribution in [2.24, 2.45) is 0 Å². The first-order valence-corrected chi connectivity index (χ1v) is 11.1. The van der Waals surface area contributed by atoms with E-state index in [0.29, 0.717) is 0 Å². The first-order chi connectivity index (χ1) is 12.2. The highest BCUT2D eigenvalue weighted by Gasteiger charge is 2.20. The number of thiocarbonyl (C=S) groups is 2. The summed E-state index contributed by atoms with van der Waals surface area (Å²) < 4.78 is 1.34. The lowest BCUT2D eigenvalue weighted by molar-refractivity contribution is 0.482. The van der Waals surface area contributed by atoms with Crippen molar-refractivity contribution in [2.75, 3.05) is 27.2 Å². The lowest BCUT2D eigenvalue weighted by atomic mass is 10.2. The zero-order chi connectivity index (χ0) is 20.2. The lowest BCUT2D eigenvalue weighted by Crippen LogP contribution is -2.26. The van der Waals surface area contributed by atoms with Gasteiger partial charge in [0, 0.05) is 32.9 Å². The van der Waals surface area contributed by atoms with Gasteiger partial charge in [-0.1, -0.05) is 78.3 Å². The minimum absolute atomic E-state index is 0.415. The summed E-state index contributed by atoms with van der Waals surface area (Å²) in [5.41, 5.74) is 1.33. The first kappa shape index (κ1) is 25.2. The van der Waals surface area contributed by atoms with E-state index in [1.165, 1.54) is 17.3 Å². The molecule has 0 atom stereocenters. The summed E-state index contributed by atoms with van der Waals surface area (Å²) in [6.45, 7) is 9.98. The van der Waals surface area contributed by atoms with Crippen LogP contribution in [-0.4, -0.2) is 50.4 Å². The van der Waals surface area contributed by atoms with Gasteiger partial charge in [0.05, 0.1) is 6.07 Å². The molecule has 0 amide bonds. The second-order valence-corrected chi connectivity index (χ2v) is 9.96. The molecule has 144 valence electrons. The Morgan fingerprint density at radius 1 is 1.08 bits per heavy atom. The molecule has 0 saturated heterocycles. The molecule has 3 nitrogen and oxygen atoms in total. The van der Waals surface area contributed by atoms with E-state index in [2.05, 4.69) is 49.1 Å². The van der Waals surface area contributed by atoms with Crippen LogP contribution in [0, 0.1) is 11.3 Å². The third-order valence-electron chi connectivity index (χ3n) is 3.20. The Morgan fingerprint density at radius 3 is 2.04 bits per heavy atom. The molecule has 7 heteroatoms. The molecule has 0 fully saturated rings. The predicted octanol–water partition coefficient (Wildman–Crippen LogP) is 5.41. The molecule has 0 aliphatic heterocycles. The number of thioether (sulfide) groups is 2. The number of nitrogens with zero attached hydrogens (tertiary/aromatic N) is 3. The van der Waals surface area contributed by atoms with E-state index in [1.54, 1.807) is 11.8 Å². The van der Waals surface area contributed by atoms with Crippen LogP contribution in [0.15, 0.2) is 30.3 Å². The van der Waals surface area contributed by atoms with Gasteiger partial charge in [0.25, 0.3) is 0 Å². The maximum Gasteiger partial charge on any atom is 0.137 e. The molecule has 0 saturated carbocycles. The van der Waals surface area contributed by atoms with Gasteiger partial charge in [-0.2, -0.15) is 5.26 Å². The smallest absolute Gasteiger partial charge is 0.137 e. The highest BCUT2D eigenvalue weighted by Crippen LogP contribution is 2.25. The van der Waals surface area contributed by atoms with Crippen LogP contribution in [0.1, 0.15) is 33.3 Å². The van der Waals surface area contributed by atoms with Crippen molar-refractivity contribution in [1.29, 1.82) is 5.26 Å². The van der Waals surface area contributed by atoms with E-state index in [-0.39, 0.29) is 0 Å². The summed E-state index contributed by atoms with van der Waals surface area (Å²) >= 11 is 13.5. The Balaban J connectivity index is 0.000000508. The molecule has 1 rings (SSSR count). The maximum atomic E-state index is 8.68. The summed E-state index contributed by atoms with van der Waals surface area (Å²) in [5, 5.41) is 8.68. The van der Waals surface area contributed by atoms with Crippen molar-refractivity contribution in [2.45, 2.75) is 38.2 Å². The number of hydrogen-bond donors (Lipinski definition) is 0. The lowest BCUT2D eigenvalue weighted by Gasteiger charge is -2.20. The molecule has 0 heterocycles. The van der Waals surface area contributed by atoms with Crippen molar-refractivity contribution < 1.29 is 0 Å². The number of rotatable bonds is 5. The summed E-state index contributed by atoms with van der Waals surface area (Å²) in [7, 11) is 3.76. The van der Waals surface area contributed by atoms with E-state index < -0.39 is 4.75 Å². The Bertz CT molecular complexity index is 591. The van der Waals surface area contributed by atoms with Gasteiger partial charge < -0.3 is 9.80 Å². The van der Waals surface area contributed by atoms with Crippen LogP contribution in [0.4, 0.5) is 0 Å². The molecule has 0 unspecified atom stereocenters. The molecular formula is C19H29N3S4. The minimum atomic E-state index is -0.415. The number of nitriles is 1. The van der Waals surface area contributed by atoms with E-state index >= 15 is 0 Å². The number of hydrogen-bond acceptors (Lipinski definition) is 5. The van der Waals surface area contributed by atoms with Crippen LogP contribution in [0.25, 0.3) is 0 Å². The highest BCUT2D eigenvalue weighted by atomic mass is 32.2. The highest BCUT2D eigenvalue weighted by molar-refractivity contribution is 8.24. The van der Waals surface area contributed by atoms with Crippen molar-refractivity contribution in [3.63, 3.8) is 0 Å². The second-order valence-electron chi connectivity index (χ2n) is 6.10. The van der Waals surface area contributed by atoms with Gasteiger partial charge in [-0.05, 0) is 33.3 Å². The van der Waals surface area contributed by atoms with E-state index in [0.717, 1.165) is 27.5 Å². The zero-order valence-electron chi connectivity index (χ0n) is 16.5. The Morgan fingerprint density at radius 2 is 1.62 bits per heavy atom. The molecule has 0 N–H and O–H groups in total. The monoisotopic (exact) mass is 427 g/mol. The molecule has 0 aliphatic rings. The molecule has 0 spiro atoms. The van der Waals surface area contributed by atoms with Gasteiger partial charge in [0.15, 0.2) is 0 Å². The Kier molecular flexibility index (Phi) is 13.0. The number of benzene rings is 1. The third kappa shape index (κ3) is 11.0. The average molecular weight is 428 g/mol. The molecule has 26 heavy (non-hydrogen) atoms. The third-order valence-corrected chi connectivity index (χ3v) is 6.55. The summed E-state index contributed by atoms with van der Waals surface area (Å²) in [4.78, 5) is 4.04. The topological polar surface area (TPSA) is 30.3 Å². The van der Waals surface area contributed by atoms with Crippen LogP contribution in [0.2, 0.25) is 0 Å². The van der Waals surface area contributed by atoms with Crippen molar-refractivity contribution in [3.8, 4) is 6.07 Å². The average Bonchev–Trinajstić information content (AvgIpc) is 2.62. The molecule has 1 aromatic carbocycles. The van der Waals surface area contributed by atoms with E-state index in [9.17, 15) is 0 Å². The first-order valence-electron chi connectivity index (χ1n) is 8.44. The predicted molar refractivity (Wildman–Crippen MR) is 127 cm³/mol. The fourth-order valence-electron chi connectivity index (χ4n) is 1.62. The van der Waals surface area contributed by atoms with Crippen LogP contribution in [-0.2, 0) is 5.75 Å². The van der Waals surface area contributed by atoms with Crippen molar-refractivity contribution >= 4 is 56.6 Å². The summed E-state index contributed by atoms with van der Waals surface area (Å²) in [5.74, 6) is 0.968. The minimum Gasteiger partial charge on any atom is -0.364 e. The van der Waals surface area contributed by atoms with E-state index in [4.69, 9.17) is 29.7 Å². The van der Waals surface area contributed by atoms with Crippen LogP contribution in [0.3, 0.4) is 0 Å². The molecule has 1 aromatic rings. The van der Waals surface area contributed by atoms with Crippen LogP contribution in [0.5, 0.6) is 0 Å². The normalized spacial score (nSPS) is 10.2. The fourth-order valence-corrected chi connectivity index (χ4v) is 4.27. The molecule has 0 aliphatic carbocycles. The Labute approximate surface area is 178 Å². The van der Waals surface area contributed by atoms with Gasteiger partial charge in [-0.25, -0.2) is 0 Å². The van der Waals surface area contributed by atoms with Crippen LogP contribution < -0.4 is 0 Å². The molecule has 0 radical (unpaired) electrons. The quantitative estimate of drug-likeness (QED) is 0.580. The SMILES string of the molecule is CCN(CC)C(=S)SCc1ccccc1.CN(C)C(=S)SC(C)(C)C#N. The zero-order valence-corrected chi connectivity index (χ0v) is 19.7. The molecular weight excluding hydrogens is 398 g/mol. The van der Waals surface area contributed by atoms with E-state index in [1.807, 2.05) is 38.9 Å². The van der Waals surface area contributed by atoms with Gasteiger partial charge in [-0.15, -0.1) is 0 Å². The maximum absolute atomic E-state index is 8.68. The molecule has 0 bridgehead atoms. The van der Waals surface area contributed by atoms with Gasteiger partial charge in [0.1, 0.15) is 13.4 Å². The fraction of sp³-hybridized carbons (Fsp3) is 0.526. The van der Waals surface area contributed by atoms with Gasteiger partial charge in [-0.3, -0.25) is 0 Å². The Hall–Kier alpha value is -0.810. The van der Waals surface area contributed by atoms with Gasteiger partial charge in [0.2, 0.25) is 0 Å². The largest absolute Gasteiger partial charge is 0.364 e. The summed E-state index contributed by atoms with van der Waals surface area (Å²) in [6, 6.07) is 12.6. The second kappa shape index (κ2) is 13.4. The standard InChI is InChI=1S/C12H17NS2.C7H12N2S2/c1-3-13(4-2)12(14)15-10-11-8-6-5-7-9-11;1-7(2,5-8)11-6(10)9(3)4/h5-9H,3-4,10H2,1-2H3;1-4H3. The van der Waals surface area contributed by atoms with Crippen LogP contribution >= 0.6 is 48.0 Å².